The lowest BCUT2D eigenvalue weighted by molar-refractivity contribution is 0.165. The van der Waals surface area contributed by atoms with Gasteiger partial charge in [-0.05, 0) is 41.4 Å². The first-order chi connectivity index (χ1) is 8.25. The first-order valence-corrected chi connectivity index (χ1v) is 6.75. The monoisotopic (exact) mass is 249 g/mol. The number of rotatable bonds is 4. The van der Waals surface area contributed by atoms with Crippen molar-refractivity contribution in [1.82, 2.24) is 0 Å². The summed E-state index contributed by atoms with van der Waals surface area (Å²) in [5, 5.41) is 9.65. The molecule has 1 rings (SSSR count). The smallest absolute Gasteiger partial charge is 0.0668 e. The lowest BCUT2D eigenvalue weighted by Crippen LogP contribution is -2.21. The Morgan fingerprint density at radius 2 is 1.89 bits per heavy atom. The molecule has 2 heteroatoms. The van der Waals surface area contributed by atoms with Gasteiger partial charge in [-0.3, -0.25) is 0 Å². The van der Waals surface area contributed by atoms with Gasteiger partial charge in [0.1, 0.15) is 0 Å². The second-order valence-corrected chi connectivity index (χ2v) is 6.35. The van der Waals surface area contributed by atoms with Crippen LogP contribution in [0.1, 0.15) is 56.7 Å². The van der Waals surface area contributed by atoms with Crippen LogP contribution in [0.15, 0.2) is 18.2 Å². The summed E-state index contributed by atoms with van der Waals surface area (Å²) in [6, 6.07) is 6.63. The summed E-state index contributed by atoms with van der Waals surface area (Å²) >= 11 is 0. The average molecular weight is 249 g/mol. The number of hydrogen-bond donors (Lipinski definition) is 2. The zero-order valence-corrected chi connectivity index (χ0v) is 12.3. The van der Waals surface area contributed by atoms with Gasteiger partial charge in [0.25, 0.3) is 0 Å². The SMILES string of the molecule is Cc1ccc(C(C)CC(O)CN)cc1C(C)(C)C. The molecule has 0 saturated heterocycles. The normalized spacial score (nSPS) is 15.5. The van der Waals surface area contributed by atoms with Crippen LogP contribution in [0.25, 0.3) is 0 Å². The standard InChI is InChI=1S/C16H27NO/c1-11-6-7-13(9-15(11)16(3,4)5)12(2)8-14(18)10-17/h6-7,9,12,14,18H,8,10,17H2,1-5H3. The Morgan fingerprint density at radius 3 is 2.39 bits per heavy atom. The van der Waals surface area contributed by atoms with Gasteiger partial charge in [-0.2, -0.15) is 0 Å². The molecular weight excluding hydrogens is 222 g/mol. The van der Waals surface area contributed by atoms with Crippen molar-refractivity contribution in [2.75, 3.05) is 6.54 Å². The van der Waals surface area contributed by atoms with Gasteiger partial charge in [0.2, 0.25) is 0 Å². The van der Waals surface area contributed by atoms with E-state index in [4.69, 9.17) is 5.73 Å². The molecule has 2 atom stereocenters. The lowest BCUT2D eigenvalue weighted by Gasteiger charge is -2.24. The van der Waals surface area contributed by atoms with Crippen molar-refractivity contribution in [2.45, 2.75) is 58.5 Å². The Morgan fingerprint density at radius 1 is 1.28 bits per heavy atom. The van der Waals surface area contributed by atoms with E-state index in [1.54, 1.807) is 0 Å². The summed E-state index contributed by atoms with van der Waals surface area (Å²) < 4.78 is 0. The fourth-order valence-corrected chi connectivity index (χ4v) is 2.39. The molecule has 3 N–H and O–H groups in total. The summed E-state index contributed by atoms with van der Waals surface area (Å²) in [6.45, 7) is 11.3. The number of nitrogens with two attached hydrogens (primary N) is 1. The summed E-state index contributed by atoms with van der Waals surface area (Å²) in [5.41, 5.74) is 9.64. The second-order valence-electron chi connectivity index (χ2n) is 6.35. The van der Waals surface area contributed by atoms with Crippen molar-refractivity contribution in [2.24, 2.45) is 5.73 Å². The molecule has 0 bridgehead atoms. The van der Waals surface area contributed by atoms with E-state index in [1.807, 2.05) is 0 Å². The average Bonchev–Trinajstić information content (AvgIpc) is 2.27. The van der Waals surface area contributed by atoms with Crippen LogP contribution in [-0.4, -0.2) is 17.8 Å². The third-order valence-corrected chi connectivity index (χ3v) is 3.54. The number of aliphatic hydroxyl groups is 1. The molecule has 0 aliphatic heterocycles. The molecule has 1 aromatic rings. The molecule has 2 nitrogen and oxygen atoms in total. The molecule has 2 unspecified atom stereocenters. The third-order valence-electron chi connectivity index (χ3n) is 3.54. The van der Waals surface area contributed by atoms with E-state index in [2.05, 4.69) is 52.8 Å². The zero-order valence-electron chi connectivity index (χ0n) is 12.3. The summed E-state index contributed by atoms with van der Waals surface area (Å²) in [5.74, 6) is 0.338. The Kier molecular flexibility index (Phi) is 4.94. The predicted molar refractivity (Wildman–Crippen MR) is 78.0 cm³/mol. The topological polar surface area (TPSA) is 46.2 Å². The summed E-state index contributed by atoms with van der Waals surface area (Å²) in [4.78, 5) is 0. The number of aliphatic hydroxyl groups excluding tert-OH is 1. The molecule has 0 spiro atoms. The van der Waals surface area contributed by atoms with E-state index in [-0.39, 0.29) is 5.41 Å². The molecule has 0 saturated carbocycles. The highest BCUT2D eigenvalue weighted by atomic mass is 16.3. The van der Waals surface area contributed by atoms with Crippen molar-refractivity contribution in [3.63, 3.8) is 0 Å². The van der Waals surface area contributed by atoms with Gasteiger partial charge >= 0.3 is 0 Å². The second kappa shape index (κ2) is 5.85. The first kappa shape index (κ1) is 15.2. The van der Waals surface area contributed by atoms with E-state index in [0.717, 1.165) is 6.42 Å². The van der Waals surface area contributed by atoms with Crippen molar-refractivity contribution in [3.05, 3.63) is 34.9 Å². The highest BCUT2D eigenvalue weighted by molar-refractivity contribution is 5.37. The predicted octanol–water partition coefficient (Wildman–Crippen LogP) is 3.11. The summed E-state index contributed by atoms with van der Waals surface area (Å²) in [6.07, 6.45) is 0.322. The molecule has 0 heterocycles. The quantitative estimate of drug-likeness (QED) is 0.861. The molecule has 0 fully saturated rings. The molecule has 18 heavy (non-hydrogen) atoms. The molecule has 0 amide bonds. The fourth-order valence-electron chi connectivity index (χ4n) is 2.39. The lowest BCUT2D eigenvalue weighted by atomic mass is 9.81. The van der Waals surface area contributed by atoms with Crippen molar-refractivity contribution in [3.8, 4) is 0 Å². The van der Waals surface area contributed by atoms with Crippen LogP contribution >= 0.6 is 0 Å². The largest absolute Gasteiger partial charge is 0.392 e. The third kappa shape index (κ3) is 3.82. The number of benzene rings is 1. The van der Waals surface area contributed by atoms with Crippen LogP contribution < -0.4 is 5.73 Å². The van der Waals surface area contributed by atoms with Gasteiger partial charge in [-0.15, -0.1) is 0 Å². The van der Waals surface area contributed by atoms with Crippen molar-refractivity contribution in [1.29, 1.82) is 0 Å². The maximum absolute atomic E-state index is 9.65. The van der Waals surface area contributed by atoms with Crippen LogP contribution in [0.4, 0.5) is 0 Å². The van der Waals surface area contributed by atoms with Crippen LogP contribution in [0.5, 0.6) is 0 Å². The van der Waals surface area contributed by atoms with Gasteiger partial charge in [0.15, 0.2) is 0 Å². The minimum atomic E-state index is -0.403. The van der Waals surface area contributed by atoms with Crippen LogP contribution in [-0.2, 0) is 5.41 Å². The van der Waals surface area contributed by atoms with Gasteiger partial charge in [-0.1, -0.05) is 45.9 Å². The van der Waals surface area contributed by atoms with E-state index in [9.17, 15) is 5.11 Å². The highest BCUT2D eigenvalue weighted by Gasteiger charge is 2.18. The maximum Gasteiger partial charge on any atom is 0.0668 e. The van der Waals surface area contributed by atoms with E-state index < -0.39 is 6.10 Å². The minimum absolute atomic E-state index is 0.159. The van der Waals surface area contributed by atoms with Crippen molar-refractivity contribution < 1.29 is 5.11 Å². The number of aryl methyl sites for hydroxylation is 1. The van der Waals surface area contributed by atoms with Crippen LogP contribution in [0.2, 0.25) is 0 Å². The van der Waals surface area contributed by atoms with Gasteiger partial charge in [0, 0.05) is 6.54 Å². The highest BCUT2D eigenvalue weighted by Crippen LogP contribution is 2.30. The van der Waals surface area contributed by atoms with E-state index >= 15 is 0 Å². The van der Waals surface area contributed by atoms with Crippen LogP contribution in [0.3, 0.4) is 0 Å². The molecule has 102 valence electrons. The molecule has 0 radical (unpaired) electrons. The molecule has 0 aliphatic rings. The Balaban J connectivity index is 2.98. The van der Waals surface area contributed by atoms with E-state index in [0.29, 0.717) is 12.5 Å². The minimum Gasteiger partial charge on any atom is -0.392 e. The fraction of sp³-hybridized carbons (Fsp3) is 0.625. The zero-order chi connectivity index (χ0) is 13.9. The van der Waals surface area contributed by atoms with Crippen LogP contribution in [0, 0.1) is 6.92 Å². The van der Waals surface area contributed by atoms with Gasteiger partial charge in [0.05, 0.1) is 6.10 Å². The Hall–Kier alpha value is -0.860. The Bertz CT molecular complexity index is 393. The van der Waals surface area contributed by atoms with Crippen molar-refractivity contribution >= 4 is 0 Å². The van der Waals surface area contributed by atoms with Gasteiger partial charge in [-0.25, -0.2) is 0 Å². The first-order valence-electron chi connectivity index (χ1n) is 6.75. The molecule has 0 aliphatic carbocycles. The molecular formula is C16H27NO. The molecule has 0 aromatic heterocycles. The van der Waals surface area contributed by atoms with Gasteiger partial charge < -0.3 is 10.8 Å². The maximum atomic E-state index is 9.65. The number of hydrogen-bond acceptors (Lipinski definition) is 2. The van der Waals surface area contributed by atoms with E-state index in [1.165, 1.54) is 16.7 Å². The molecule has 1 aromatic carbocycles. The summed E-state index contributed by atoms with van der Waals surface area (Å²) in [7, 11) is 0. The Labute approximate surface area is 111 Å².